The smallest absolute Gasteiger partial charge is 0.130 e. The molecule has 18 heavy (non-hydrogen) atoms. The average molecular weight is 244 g/mol. The molecule has 0 saturated carbocycles. The van der Waals surface area contributed by atoms with E-state index in [2.05, 4.69) is 9.97 Å². The van der Waals surface area contributed by atoms with Crippen molar-refractivity contribution in [2.75, 3.05) is 14.2 Å². The van der Waals surface area contributed by atoms with Crippen LogP contribution in [0.2, 0.25) is 0 Å². The Morgan fingerprint density at radius 2 is 1.61 bits per heavy atom. The first-order valence-electron chi connectivity index (χ1n) is 5.68. The number of aromatic nitrogens is 2. The third kappa shape index (κ3) is 2.14. The number of benzene rings is 1. The molecule has 0 N–H and O–H groups in total. The molecule has 0 aliphatic carbocycles. The van der Waals surface area contributed by atoms with Crippen LogP contribution in [0.4, 0.5) is 0 Å². The Balaban J connectivity index is 2.63. The number of methoxy groups -OCH3 is 2. The van der Waals surface area contributed by atoms with Crippen LogP contribution in [0.1, 0.15) is 11.4 Å². The van der Waals surface area contributed by atoms with E-state index in [9.17, 15) is 0 Å². The van der Waals surface area contributed by atoms with E-state index in [-0.39, 0.29) is 0 Å². The van der Waals surface area contributed by atoms with E-state index in [1.54, 1.807) is 20.5 Å². The van der Waals surface area contributed by atoms with Crippen molar-refractivity contribution < 1.29 is 9.47 Å². The second kappa shape index (κ2) is 5.04. The van der Waals surface area contributed by atoms with Gasteiger partial charge < -0.3 is 9.47 Å². The molecule has 1 aromatic heterocycles. The fraction of sp³-hybridized carbons (Fsp3) is 0.286. The van der Waals surface area contributed by atoms with Gasteiger partial charge in [0.2, 0.25) is 0 Å². The minimum atomic E-state index is 0.760. The van der Waals surface area contributed by atoms with Gasteiger partial charge in [0, 0.05) is 28.6 Å². The van der Waals surface area contributed by atoms with Crippen LogP contribution >= 0.6 is 0 Å². The van der Waals surface area contributed by atoms with E-state index in [1.165, 1.54) is 0 Å². The van der Waals surface area contributed by atoms with Gasteiger partial charge in [-0.05, 0) is 26.0 Å². The molecule has 0 atom stereocenters. The van der Waals surface area contributed by atoms with Gasteiger partial charge in [0.15, 0.2) is 0 Å². The predicted octanol–water partition coefficient (Wildman–Crippen LogP) is 2.78. The van der Waals surface area contributed by atoms with Crippen LogP contribution in [0.25, 0.3) is 11.1 Å². The van der Waals surface area contributed by atoms with Crippen LogP contribution in [-0.2, 0) is 0 Å². The molecule has 0 aliphatic rings. The summed E-state index contributed by atoms with van der Waals surface area (Å²) >= 11 is 0. The highest BCUT2D eigenvalue weighted by molar-refractivity contribution is 5.74. The normalized spacial score (nSPS) is 10.2. The minimum Gasteiger partial charge on any atom is -0.497 e. The molecule has 0 fully saturated rings. The molecule has 0 amide bonds. The van der Waals surface area contributed by atoms with Gasteiger partial charge in [-0.1, -0.05) is 0 Å². The maximum Gasteiger partial charge on any atom is 0.130 e. The van der Waals surface area contributed by atoms with Crippen molar-refractivity contribution in [3.05, 3.63) is 35.9 Å². The van der Waals surface area contributed by atoms with Crippen LogP contribution in [0.15, 0.2) is 24.5 Å². The Bertz CT molecular complexity index is 547. The van der Waals surface area contributed by atoms with Crippen molar-refractivity contribution in [2.45, 2.75) is 13.8 Å². The highest BCUT2D eigenvalue weighted by Gasteiger charge is 2.13. The van der Waals surface area contributed by atoms with E-state index in [0.29, 0.717) is 0 Å². The van der Waals surface area contributed by atoms with Gasteiger partial charge in [0.25, 0.3) is 0 Å². The molecule has 2 aromatic rings. The second-order valence-corrected chi connectivity index (χ2v) is 3.99. The van der Waals surface area contributed by atoms with Gasteiger partial charge in [0.05, 0.1) is 14.2 Å². The number of aryl methyl sites for hydroxylation is 2. The molecule has 0 spiro atoms. The topological polar surface area (TPSA) is 44.2 Å². The van der Waals surface area contributed by atoms with Crippen LogP contribution in [-0.4, -0.2) is 24.2 Å². The first-order chi connectivity index (χ1) is 8.67. The van der Waals surface area contributed by atoms with Crippen molar-refractivity contribution in [1.82, 2.24) is 9.97 Å². The van der Waals surface area contributed by atoms with Crippen molar-refractivity contribution in [2.24, 2.45) is 0 Å². The summed E-state index contributed by atoms with van der Waals surface area (Å²) < 4.78 is 10.6. The summed E-state index contributed by atoms with van der Waals surface area (Å²) in [6.45, 7) is 3.93. The highest BCUT2D eigenvalue weighted by Crippen LogP contribution is 2.35. The summed E-state index contributed by atoms with van der Waals surface area (Å²) in [6.07, 6.45) is 1.57. The molecule has 0 aliphatic heterocycles. The third-order valence-corrected chi connectivity index (χ3v) is 2.90. The highest BCUT2D eigenvalue weighted by atomic mass is 16.5. The predicted molar refractivity (Wildman–Crippen MR) is 70.0 cm³/mol. The summed E-state index contributed by atoms with van der Waals surface area (Å²) in [5.74, 6) is 1.53. The van der Waals surface area contributed by atoms with E-state index < -0.39 is 0 Å². The Labute approximate surface area is 107 Å². The molecular formula is C14H16N2O2. The van der Waals surface area contributed by atoms with Gasteiger partial charge in [-0.2, -0.15) is 0 Å². The lowest BCUT2D eigenvalue weighted by Gasteiger charge is -2.13. The molecule has 0 saturated heterocycles. The van der Waals surface area contributed by atoms with Crippen molar-refractivity contribution in [1.29, 1.82) is 0 Å². The van der Waals surface area contributed by atoms with E-state index in [4.69, 9.17) is 9.47 Å². The quantitative estimate of drug-likeness (QED) is 0.832. The third-order valence-electron chi connectivity index (χ3n) is 2.90. The maximum atomic E-state index is 5.42. The van der Waals surface area contributed by atoms with Crippen LogP contribution in [0, 0.1) is 13.8 Å². The van der Waals surface area contributed by atoms with Gasteiger partial charge in [-0.25, -0.2) is 9.97 Å². The molecule has 1 aromatic carbocycles. The lowest BCUT2D eigenvalue weighted by molar-refractivity contribution is 0.395. The van der Waals surface area contributed by atoms with Crippen LogP contribution in [0.3, 0.4) is 0 Å². The number of nitrogens with zero attached hydrogens (tertiary/aromatic N) is 2. The zero-order valence-corrected chi connectivity index (χ0v) is 11.0. The molecule has 4 nitrogen and oxygen atoms in total. The number of ether oxygens (including phenoxy) is 2. The van der Waals surface area contributed by atoms with Gasteiger partial charge in [-0.3, -0.25) is 0 Å². The second-order valence-electron chi connectivity index (χ2n) is 3.99. The standard InChI is InChI=1S/C14H16N2O2/c1-9-14(10(2)16-8-15-9)12-6-5-11(17-3)7-13(12)18-4/h5-8H,1-4H3. The van der Waals surface area contributed by atoms with Crippen molar-refractivity contribution in [3.63, 3.8) is 0 Å². The Morgan fingerprint density at radius 3 is 2.17 bits per heavy atom. The Hall–Kier alpha value is -2.10. The van der Waals surface area contributed by atoms with E-state index in [1.807, 2.05) is 32.0 Å². The number of rotatable bonds is 3. The molecule has 94 valence electrons. The number of hydrogen-bond donors (Lipinski definition) is 0. The molecule has 0 unspecified atom stereocenters. The monoisotopic (exact) mass is 244 g/mol. The van der Waals surface area contributed by atoms with Crippen molar-refractivity contribution in [3.8, 4) is 22.6 Å². The lowest BCUT2D eigenvalue weighted by atomic mass is 10.0. The summed E-state index contributed by atoms with van der Waals surface area (Å²) in [7, 11) is 3.28. The fourth-order valence-corrected chi connectivity index (χ4v) is 1.99. The Morgan fingerprint density at radius 1 is 0.944 bits per heavy atom. The SMILES string of the molecule is COc1ccc(-c2c(C)ncnc2C)c(OC)c1. The maximum absolute atomic E-state index is 5.42. The number of hydrogen-bond acceptors (Lipinski definition) is 4. The zero-order chi connectivity index (χ0) is 13.1. The van der Waals surface area contributed by atoms with Crippen LogP contribution in [0.5, 0.6) is 11.5 Å². The first kappa shape index (κ1) is 12.4. The molecular weight excluding hydrogens is 228 g/mol. The molecule has 4 heteroatoms. The first-order valence-corrected chi connectivity index (χ1v) is 5.68. The van der Waals surface area contributed by atoms with E-state index >= 15 is 0 Å². The molecule has 1 heterocycles. The summed E-state index contributed by atoms with van der Waals surface area (Å²) in [5, 5.41) is 0. The molecule has 0 bridgehead atoms. The van der Waals surface area contributed by atoms with Gasteiger partial charge in [-0.15, -0.1) is 0 Å². The summed E-state index contributed by atoms with van der Waals surface area (Å²) in [5.41, 5.74) is 3.86. The average Bonchev–Trinajstić information content (AvgIpc) is 2.38. The lowest BCUT2D eigenvalue weighted by Crippen LogP contribution is -1.97. The molecule has 0 radical (unpaired) electrons. The summed E-state index contributed by atoms with van der Waals surface area (Å²) in [4.78, 5) is 8.47. The molecule has 2 rings (SSSR count). The van der Waals surface area contributed by atoms with Gasteiger partial charge >= 0.3 is 0 Å². The van der Waals surface area contributed by atoms with Gasteiger partial charge in [0.1, 0.15) is 17.8 Å². The fourth-order valence-electron chi connectivity index (χ4n) is 1.99. The summed E-state index contributed by atoms with van der Waals surface area (Å²) in [6, 6.07) is 5.74. The van der Waals surface area contributed by atoms with Crippen molar-refractivity contribution >= 4 is 0 Å². The minimum absolute atomic E-state index is 0.760. The largest absolute Gasteiger partial charge is 0.497 e. The Kier molecular flexibility index (Phi) is 3.46. The zero-order valence-electron chi connectivity index (χ0n) is 11.0. The van der Waals surface area contributed by atoms with Crippen LogP contribution < -0.4 is 9.47 Å². The van der Waals surface area contributed by atoms with E-state index in [0.717, 1.165) is 34.0 Å².